The lowest BCUT2D eigenvalue weighted by atomic mass is 10.1. The van der Waals surface area contributed by atoms with Gasteiger partial charge in [-0.25, -0.2) is 4.79 Å². The van der Waals surface area contributed by atoms with Crippen LogP contribution in [0, 0.1) is 27.7 Å². The number of rotatable bonds is 7. The minimum Gasteiger partial charge on any atom is -0.481 e. The first-order valence-corrected chi connectivity index (χ1v) is 8.92. The molecule has 0 saturated carbocycles. The van der Waals surface area contributed by atoms with Gasteiger partial charge in [-0.3, -0.25) is 4.79 Å². The maximum Gasteiger partial charge on any atom is 0.344 e. The summed E-state index contributed by atoms with van der Waals surface area (Å²) < 4.78 is 10.6. The van der Waals surface area contributed by atoms with Gasteiger partial charge in [-0.15, -0.1) is 0 Å². The summed E-state index contributed by atoms with van der Waals surface area (Å²) in [6.07, 6.45) is 0. The van der Waals surface area contributed by atoms with E-state index in [1.165, 1.54) is 10.5 Å². The Morgan fingerprint density at radius 3 is 2.07 bits per heavy atom. The number of benzene rings is 2. The Labute approximate surface area is 160 Å². The summed E-state index contributed by atoms with van der Waals surface area (Å²) in [6.45, 7) is 7.84. The second-order valence-electron chi connectivity index (χ2n) is 6.91. The van der Waals surface area contributed by atoms with Gasteiger partial charge in [0.15, 0.2) is 13.2 Å². The largest absolute Gasteiger partial charge is 0.481 e. The molecule has 0 bridgehead atoms. The van der Waals surface area contributed by atoms with E-state index in [0.29, 0.717) is 12.3 Å². The van der Waals surface area contributed by atoms with Gasteiger partial charge in [0.1, 0.15) is 5.75 Å². The zero-order chi connectivity index (χ0) is 20.0. The topological polar surface area (TPSA) is 55.8 Å². The molecule has 2 aromatic carbocycles. The van der Waals surface area contributed by atoms with Crippen molar-refractivity contribution >= 4 is 11.9 Å². The lowest BCUT2D eigenvalue weighted by Crippen LogP contribution is -2.31. The third-order valence-corrected chi connectivity index (χ3v) is 4.26. The van der Waals surface area contributed by atoms with Crippen LogP contribution in [0.3, 0.4) is 0 Å². The van der Waals surface area contributed by atoms with Crippen molar-refractivity contribution in [3.63, 3.8) is 0 Å². The first-order chi connectivity index (χ1) is 12.8. The van der Waals surface area contributed by atoms with Crippen molar-refractivity contribution in [2.45, 2.75) is 34.2 Å². The molecule has 0 unspecified atom stereocenters. The number of hydrogen-bond donors (Lipinski definition) is 0. The molecule has 144 valence electrons. The minimum absolute atomic E-state index is 0.223. The zero-order valence-corrected chi connectivity index (χ0v) is 16.7. The van der Waals surface area contributed by atoms with E-state index in [9.17, 15) is 9.59 Å². The third kappa shape index (κ3) is 6.13. The molecule has 0 N–H and O–H groups in total. The van der Waals surface area contributed by atoms with Crippen molar-refractivity contribution in [2.24, 2.45) is 0 Å². The predicted octanol–water partition coefficient (Wildman–Crippen LogP) is 3.50. The number of likely N-dealkylation sites (N-methyl/N-ethyl adjacent to an activating group) is 1. The first-order valence-electron chi connectivity index (χ1n) is 8.92. The number of hydrogen-bond acceptors (Lipinski definition) is 4. The van der Waals surface area contributed by atoms with Crippen LogP contribution in [0.2, 0.25) is 0 Å². The molecule has 0 aliphatic rings. The normalized spacial score (nSPS) is 10.4. The van der Waals surface area contributed by atoms with E-state index in [-0.39, 0.29) is 19.1 Å². The van der Waals surface area contributed by atoms with Crippen LogP contribution in [0.4, 0.5) is 0 Å². The van der Waals surface area contributed by atoms with Gasteiger partial charge < -0.3 is 14.4 Å². The van der Waals surface area contributed by atoms with Crippen molar-refractivity contribution < 1.29 is 19.1 Å². The van der Waals surface area contributed by atoms with Crippen LogP contribution in [0.5, 0.6) is 5.75 Å². The van der Waals surface area contributed by atoms with E-state index < -0.39 is 5.97 Å². The van der Waals surface area contributed by atoms with Crippen molar-refractivity contribution in [2.75, 3.05) is 20.3 Å². The average molecular weight is 369 g/mol. The molecule has 0 aliphatic heterocycles. The quantitative estimate of drug-likeness (QED) is 0.701. The van der Waals surface area contributed by atoms with Gasteiger partial charge in [-0.1, -0.05) is 47.5 Å². The fourth-order valence-electron chi connectivity index (χ4n) is 2.88. The van der Waals surface area contributed by atoms with E-state index in [4.69, 9.17) is 9.47 Å². The van der Waals surface area contributed by atoms with Crippen LogP contribution in [0.15, 0.2) is 36.4 Å². The highest BCUT2D eigenvalue weighted by Crippen LogP contribution is 2.24. The van der Waals surface area contributed by atoms with Gasteiger partial charge in [-0.2, -0.15) is 0 Å². The molecular formula is C22H27NO4. The SMILES string of the molecule is Cc1ccc(CN(C)C(=O)COC(=O)COc2c(C)cc(C)cc2C)cc1. The monoisotopic (exact) mass is 369 g/mol. The van der Waals surface area contributed by atoms with Crippen LogP contribution in [0.1, 0.15) is 27.8 Å². The smallest absolute Gasteiger partial charge is 0.344 e. The maximum absolute atomic E-state index is 12.1. The highest BCUT2D eigenvalue weighted by atomic mass is 16.6. The summed E-state index contributed by atoms with van der Waals surface area (Å²) in [7, 11) is 1.69. The molecule has 0 spiro atoms. The van der Waals surface area contributed by atoms with Gasteiger partial charge in [0, 0.05) is 13.6 Å². The molecule has 0 aromatic heterocycles. The van der Waals surface area contributed by atoms with E-state index in [2.05, 4.69) is 0 Å². The highest BCUT2D eigenvalue weighted by molar-refractivity contribution is 5.80. The molecule has 5 heteroatoms. The summed E-state index contributed by atoms with van der Waals surface area (Å²) in [5.41, 5.74) is 5.27. The van der Waals surface area contributed by atoms with Crippen molar-refractivity contribution in [3.05, 3.63) is 64.2 Å². The zero-order valence-electron chi connectivity index (χ0n) is 16.7. The second kappa shape index (κ2) is 9.21. The van der Waals surface area contributed by atoms with Crippen LogP contribution < -0.4 is 4.74 Å². The Morgan fingerprint density at radius 2 is 1.48 bits per heavy atom. The predicted molar refractivity (Wildman–Crippen MR) is 105 cm³/mol. The number of carbonyl (C=O) groups excluding carboxylic acids is 2. The summed E-state index contributed by atoms with van der Waals surface area (Å²) in [6, 6.07) is 11.9. The van der Waals surface area contributed by atoms with Crippen LogP contribution in [0.25, 0.3) is 0 Å². The lowest BCUT2D eigenvalue weighted by Gasteiger charge is -2.17. The molecular weight excluding hydrogens is 342 g/mol. The molecule has 0 aliphatic carbocycles. The average Bonchev–Trinajstić information content (AvgIpc) is 2.60. The number of ether oxygens (including phenoxy) is 2. The summed E-state index contributed by atoms with van der Waals surface area (Å²) in [4.78, 5) is 25.6. The molecule has 0 saturated heterocycles. The Hall–Kier alpha value is -2.82. The molecule has 0 atom stereocenters. The van der Waals surface area contributed by atoms with Gasteiger partial charge in [-0.05, 0) is 44.4 Å². The number of esters is 1. The maximum atomic E-state index is 12.1. The molecule has 0 heterocycles. The molecule has 2 aromatic rings. The standard InChI is InChI=1S/C22H27NO4/c1-15-6-8-19(9-7-15)12-23(5)20(24)13-26-21(25)14-27-22-17(3)10-16(2)11-18(22)4/h6-11H,12-14H2,1-5H3. The van der Waals surface area contributed by atoms with Crippen LogP contribution >= 0.6 is 0 Å². The van der Waals surface area contributed by atoms with Crippen molar-refractivity contribution in [1.29, 1.82) is 0 Å². The number of carbonyl (C=O) groups is 2. The van der Waals surface area contributed by atoms with Gasteiger partial charge in [0.25, 0.3) is 5.91 Å². The summed E-state index contributed by atoms with van der Waals surface area (Å²) >= 11 is 0. The fraction of sp³-hybridized carbons (Fsp3) is 0.364. The Balaban J connectivity index is 1.79. The van der Waals surface area contributed by atoms with Gasteiger partial charge in [0.05, 0.1) is 0 Å². The Kier molecular flexibility index (Phi) is 6.99. The lowest BCUT2D eigenvalue weighted by molar-refractivity contribution is -0.153. The number of nitrogens with zero attached hydrogens (tertiary/aromatic N) is 1. The van der Waals surface area contributed by atoms with E-state index in [1.54, 1.807) is 7.05 Å². The molecule has 5 nitrogen and oxygen atoms in total. The van der Waals surface area contributed by atoms with E-state index in [0.717, 1.165) is 22.3 Å². The number of aryl methyl sites for hydroxylation is 4. The molecule has 1 amide bonds. The van der Waals surface area contributed by atoms with E-state index in [1.807, 2.05) is 64.1 Å². The third-order valence-electron chi connectivity index (χ3n) is 4.26. The molecule has 0 fully saturated rings. The van der Waals surface area contributed by atoms with E-state index >= 15 is 0 Å². The Bertz CT molecular complexity index is 789. The summed E-state index contributed by atoms with van der Waals surface area (Å²) in [5.74, 6) is -0.140. The highest BCUT2D eigenvalue weighted by Gasteiger charge is 2.14. The number of amides is 1. The van der Waals surface area contributed by atoms with Crippen molar-refractivity contribution in [3.8, 4) is 5.75 Å². The van der Waals surface area contributed by atoms with Gasteiger partial charge in [0.2, 0.25) is 0 Å². The van der Waals surface area contributed by atoms with Crippen LogP contribution in [-0.4, -0.2) is 37.0 Å². The molecule has 27 heavy (non-hydrogen) atoms. The fourth-order valence-corrected chi connectivity index (χ4v) is 2.88. The second-order valence-corrected chi connectivity index (χ2v) is 6.91. The molecule has 0 radical (unpaired) electrons. The molecule has 2 rings (SSSR count). The van der Waals surface area contributed by atoms with Crippen molar-refractivity contribution in [1.82, 2.24) is 4.90 Å². The first kappa shape index (κ1) is 20.5. The van der Waals surface area contributed by atoms with Gasteiger partial charge >= 0.3 is 5.97 Å². The summed E-state index contributed by atoms with van der Waals surface area (Å²) in [5, 5.41) is 0. The Morgan fingerprint density at radius 1 is 0.889 bits per heavy atom. The van der Waals surface area contributed by atoms with Crippen LogP contribution in [-0.2, 0) is 20.9 Å². The minimum atomic E-state index is -0.563.